The summed E-state index contributed by atoms with van der Waals surface area (Å²) in [5.74, 6) is 2.33. The van der Waals surface area contributed by atoms with Gasteiger partial charge in [-0.25, -0.2) is 9.37 Å². The summed E-state index contributed by atoms with van der Waals surface area (Å²) in [6, 6.07) is 0. The van der Waals surface area contributed by atoms with Crippen molar-refractivity contribution < 1.29 is 14.3 Å². The molecular weight excluding hydrogens is 391 g/mol. The first-order valence-electron chi connectivity index (χ1n) is 12.4. The molecular formula is C26H39FN2O2. The van der Waals surface area contributed by atoms with Crippen molar-refractivity contribution in [1.29, 1.82) is 0 Å². The third-order valence-electron chi connectivity index (χ3n) is 10.8. The van der Waals surface area contributed by atoms with Gasteiger partial charge in [0.25, 0.3) is 0 Å². The van der Waals surface area contributed by atoms with Crippen LogP contribution >= 0.6 is 0 Å². The molecule has 4 saturated carbocycles. The summed E-state index contributed by atoms with van der Waals surface area (Å²) in [5, 5.41) is 10.7. The van der Waals surface area contributed by atoms with E-state index in [0.29, 0.717) is 42.9 Å². The average molecular weight is 431 g/mol. The molecule has 0 amide bonds. The van der Waals surface area contributed by atoms with Gasteiger partial charge in [-0.15, -0.1) is 0 Å². The lowest BCUT2D eigenvalue weighted by molar-refractivity contribution is -0.188. The molecule has 0 spiro atoms. The topological polar surface area (TPSA) is 55.1 Å². The van der Waals surface area contributed by atoms with Crippen LogP contribution in [0, 0.1) is 39.9 Å². The molecule has 31 heavy (non-hydrogen) atoms. The fourth-order valence-electron chi connectivity index (χ4n) is 9.34. The molecule has 5 heteroatoms. The molecule has 0 radical (unpaired) electrons. The molecule has 1 aromatic heterocycles. The molecule has 0 aromatic carbocycles. The first kappa shape index (κ1) is 21.6. The van der Waals surface area contributed by atoms with E-state index in [1.807, 2.05) is 10.8 Å². The number of halogens is 1. The SMILES string of the molecule is C[C@@]12CC[C@H]3[C@@H]4CC[C@H](C(=O)Cn5ccnc5)[C@@]4(C)CC[C@]3(C)[C@H]1CC[C@](O)(CF)C2. The Morgan fingerprint density at radius 2 is 1.81 bits per heavy atom. The Morgan fingerprint density at radius 3 is 2.52 bits per heavy atom. The minimum absolute atomic E-state index is 0.0350. The normalized spacial score (nSPS) is 49.2. The van der Waals surface area contributed by atoms with Crippen LogP contribution in [0.25, 0.3) is 0 Å². The fourth-order valence-corrected chi connectivity index (χ4v) is 9.34. The van der Waals surface area contributed by atoms with Crippen LogP contribution in [0.1, 0.15) is 78.6 Å². The summed E-state index contributed by atoms with van der Waals surface area (Å²) in [6.07, 6.45) is 14.2. The summed E-state index contributed by atoms with van der Waals surface area (Å²) < 4.78 is 15.5. The van der Waals surface area contributed by atoms with Gasteiger partial charge in [0.1, 0.15) is 6.67 Å². The van der Waals surface area contributed by atoms with Crippen molar-refractivity contribution in [2.24, 2.45) is 39.9 Å². The number of carbonyl (C=O) groups is 1. The monoisotopic (exact) mass is 430 g/mol. The van der Waals surface area contributed by atoms with Crippen LogP contribution in [0.4, 0.5) is 4.39 Å². The molecule has 0 unspecified atom stereocenters. The molecule has 1 heterocycles. The van der Waals surface area contributed by atoms with Crippen molar-refractivity contribution in [2.75, 3.05) is 6.67 Å². The molecule has 5 rings (SSSR count). The van der Waals surface area contributed by atoms with Crippen LogP contribution in [0.2, 0.25) is 0 Å². The average Bonchev–Trinajstić information content (AvgIpc) is 3.34. The van der Waals surface area contributed by atoms with E-state index in [0.717, 1.165) is 44.9 Å². The minimum Gasteiger partial charge on any atom is -0.387 e. The summed E-state index contributed by atoms with van der Waals surface area (Å²) >= 11 is 0. The van der Waals surface area contributed by atoms with Gasteiger partial charge in [-0.05, 0) is 91.8 Å². The maximum atomic E-state index is 13.6. The van der Waals surface area contributed by atoms with Gasteiger partial charge >= 0.3 is 0 Å². The minimum atomic E-state index is -1.12. The van der Waals surface area contributed by atoms with Crippen molar-refractivity contribution in [1.82, 2.24) is 9.55 Å². The Labute approximate surface area is 186 Å². The lowest BCUT2D eigenvalue weighted by Crippen LogP contribution is -2.60. The van der Waals surface area contributed by atoms with Crippen molar-refractivity contribution in [3.05, 3.63) is 18.7 Å². The first-order chi connectivity index (χ1) is 14.6. The zero-order valence-corrected chi connectivity index (χ0v) is 19.4. The highest BCUT2D eigenvalue weighted by molar-refractivity contribution is 5.82. The van der Waals surface area contributed by atoms with Gasteiger partial charge < -0.3 is 9.67 Å². The second kappa shape index (κ2) is 7.13. The van der Waals surface area contributed by atoms with E-state index in [1.165, 1.54) is 0 Å². The molecule has 0 bridgehead atoms. The van der Waals surface area contributed by atoms with Crippen molar-refractivity contribution in [3.63, 3.8) is 0 Å². The number of rotatable bonds is 4. The maximum Gasteiger partial charge on any atom is 0.156 e. The van der Waals surface area contributed by atoms with Crippen LogP contribution in [0.15, 0.2) is 18.7 Å². The number of imidazole rings is 1. The molecule has 4 fully saturated rings. The van der Waals surface area contributed by atoms with Crippen LogP contribution in [-0.4, -0.2) is 32.7 Å². The van der Waals surface area contributed by atoms with E-state index in [4.69, 9.17) is 0 Å². The van der Waals surface area contributed by atoms with Crippen LogP contribution in [-0.2, 0) is 11.3 Å². The second-order valence-electron chi connectivity index (χ2n) is 12.4. The van der Waals surface area contributed by atoms with Gasteiger partial charge in [-0.3, -0.25) is 4.79 Å². The Morgan fingerprint density at radius 1 is 1.06 bits per heavy atom. The van der Waals surface area contributed by atoms with Gasteiger partial charge in [0, 0.05) is 18.3 Å². The highest BCUT2D eigenvalue weighted by atomic mass is 19.1. The number of hydrogen-bond acceptors (Lipinski definition) is 3. The van der Waals surface area contributed by atoms with Crippen LogP contribution < -0.4 is 0 Å². The molecule has 8 atom stereocenters. The number of alkyl halides is 1. The molecule has 1 N–H and O–H groups in total. The summed E-state index contributed by atoms with van der Waals surface area (Å²) in [4.78, 5) is 17.4. The number of nitrogens with zero attached hydrogens (tertiary/aromatic N) is 2. The van der Waals surface area contributed by atoms with E-state index in [9.17, 15) is 14.3 Å². The molecule has 4 nitrogen and oxygen atoms in total. The Hall–Kier alpha value is -1.23. The fraction of sp³-hybridized carbons (Fsp3) is 0.846. The van der Waals surface area contributed by atoms with E-state index in [-0.39, 0.29) is 22.2 Å². The number of aliphatic hydroxyl groups is 1. The number of aromatic nitrogens is 2. The standard InChI is InChI=1S/C26H39FN2O2/c1-23-8-6-19-18-4-5-20(21(30)14-29-13-12-28-17-29)24(18,2)10-11-25(19,3)22(23)7-9-26(31,15-23)16-27/h12-13,17-20,22,31H,4-11,14-16H2,1-3H3/t18-,19-,20+,22-,23-,24-,25-,26+/m0/s1. The van der Waals surface area contributed by atoms with Gasteiger partial charge in [-0.2, -0.15) is 0 Å². The number of fused-ring (bicyclic) bond motifs is 5. The summed E-state index contributed by atoms with van der Waals surface area (Å²) in [7, 11) is 0. The number of Topliss-reactive ketones (excluding diaryl/α,β-unsaturated/α-hetero) is 1. The van der Waals surface area contributed by atoms with Gasteiger partial charge in [0.05, 0.1) is 18.5 Å². The second-order valence-corrected chi connectivity index (χ2v) is 12.4. The molecule has 0 aliphatic heterocycles. The van der Waals surface area contributed by atoms with E-state index >= 15 is 0 Å². The predicted octanol–water partition coefficient (Wildman–Crippen LogP) is 5.20. The van der Waals surface area contributed by atoms with Crippen LogP contribution in [0.3, 0.4) is 0 Å². The largest absolute Gasteiger partial charge is 0.387 e. The lowest BCUT2D eigenvalue weighted by Gasteiger charge is -2.65. The molecule has 4 aliphatic rings. The highest BCUT2D eigenvalue weighted by Crippen LogP contribution is 2.71. The number of hydrogen-bond donors (Lipinski definition) is 1. The summed E-state index contributed by atoms with van der Waals surface area (Å²) in [6.45, 7) is 7.05. The molecule has 4 aliphatic carbocycles. The lowest BCUT2D eigenvalue weighted by atomic mass is 9.39. The quantitative estimate of drug-likeness (QED) is 0.714. The van der Waals surface area contributed by atoms with Gasteiger partial charge in [-0.1, -0.05) is 20.8 Å². The predicted molar refractivity (Wildman–Crippen MR) is 118 cm³/mol. The third kappa shape index (κ3) is 3.16. The van der Waals surface area contributed by atoms with Crippen molar-refractivity contribution in [3.8, 4) is 0 Å². The maximum absolute atomic E-state index is 13.6. The first-order valence-corrected chi connectivity index (χ1v) is 12.4. The Balaban J connectivity index is 1.38. The molecule has 172 valence electrons. The van der Waals surface area contributed by atoms with E-state index in [2.05, 4.69) is 25.8 Å². The third-order valence-corrected chi connectivity index (χ3v) is 10.8. The zero-order valence-electron chi connectivity index (χ0n) is 19.4. The Bertz CT molecular complexity index is 842. The highest BCUT2D eigenvalue weighted by Gasteiger charge is 2.65. The zero-order chi connectivity index (χ0) is 22.1. The van der Waals surface area contributed by atoms with Gasteiger partial charge in [0.2, 0.25) is 0 Å². The number of carbonyl (C=O) groups excluding carboxylic acids is 1. The summed E-state index contributed by atoms with van der Waals surface area (Å²) in [5.41, 5.74) is -0.732. The molecule has 1 aromatic rings. The molecule has 0 saturated heterocycles. The van der Waals surface area contributed by atoms with Crippen molar-refractivity contribution >= 4 is 5.78 Å². The van der Waals surface area contributed by atoms with Gasteiger partial charge in [0.15, 0.2) is 5.78 Å². The Kier molecular flexibility index (Phi) is 4.97. The number of ketones is 1. The van der Waals surface area contributed by atoms with E-state index < -0.39 is 12.3 Å². The van der Waals surface area contributed by atoms with Crippen molar-refractivity contribution in [2.45, 2.75) is 90.7 Å². The van der Waals surface area contributed by atoms with Crippen LogP contribution in [0.5, 0.6) is 0 Å². The smallest absolute Gasteiger partial charge is 0.156 e. The van der Waals surface area contributed by atoms with E-state index in [1.54, 1.807) is 12.5 Å².